The van der Waals surface area contributed by atoms with Crippen molar-refractivity contribution in [2.45, 2.75) is 32.1 Å². The molecule has 4 N–H and O–H groups in total. The summed E-state index contributed by atoms with van der Waals surface area (Å²) in [5.41, 5.74) is 2.95. The Labute approximate surface area is 197 Å². The lowest BCUT2D eigenvalue weighted by atomic mass is 10.0. The standard InChI is InChI=1S/C23H22BrN7O2/c24-15-8-9-17(16(12-15)22-28-30-31-29-22)27-23(33)19-11-14-6-3-7-18(21(14)26-19)25-20(32)10-13-4-1-2-5-13/h3,6-9,11-13,26H,1-2,4-5,10H2,(H,25,32)(H,27,33)(H,28,29,30,31). The Morgan fingerprint density at radius 2 is 1.91 bits per heavy atom. The molecule has 9 nitrogen and oxygen atoms in total. The monoisotopic (exact) mass is 507 g/mol. The van der Waals surface area contributed by atoms with E-state index in [1.807, 2.05) is 30.3 Å². The van der Waals surface area contributed by atoms with Crippen LogP contribution in [0.4, 0.5) is 11.4 Å². The number of carbonyl (C=O) groups is 2. The molecule has 2 amide bonds. The highest BCUT2D eigenvalue weighted by Gasteiger charge is 2.20. The number of amides is 2. The third-order valence-corrected chi connectivity index (χ3v) is 6.43. The van der Waals surface area contributed by atoms with Crippen molar-refractivity contribution in [2.24, 2.45) is 5.92 Å². The molecule has 0 saturated heterocycles. The van der Waals surface area contributed by atoms with Crippen LogP contribution in [-0.2, 0) is 4.79 Å². The second-order valence-electron chi connectivity index (χ2n) is 8.24. The summed E-state index contributed by atoms with van der Waals surface area (Å²) in [6.45, 7) is 0. The van der Waals surface area contributed by atoms with Crippen molar-refractivity contribution in [2.75, 3.05) is 10.6 Å². The van der Waals surface area contributed by atoms with Gasteiger partial charge in [-0.15, -0.1) is 10.2 Å². The van der Waals surface area contributed by atoms with E-state index in [-0.39, 0.29) is 11.8 Å². The first-order valence-corrected chi connectivity index (χ1v) is 11.6. The van der Waals surface area contributed by atoms with E-state index in [1.54, 1.807) is 12.1 Å². The van der Waals surface area contributed by atoms with Gasteiger partial charge in [0.15, 0.2) is 0 Å². The summed E-state index contributed by atoms with van der Waals surface area (Å²) in [7, 11) is 0. The molecule has 168 valence electrons. The van der Waals surface area contributed by atoms with Gasteiger partial charge in [-0.05, 0) is 54.3 Å². The van der Waals surface area contributed by atoms with E-state index in [9.17, 15) is 9.59 Å². The zero-order valence-electron chi connectivity index (χ0n) is 17.7. The molecule has 0 atom stereocenters. The Morgan fingerprint density at radius 1 is 1.06 bits per heavy atom. The maximum atomic E-state index is 13.0. The molecule has 1 fully saturated rings. The number of aromatic nitrogens is 5. The second-order valence-corrected chi connectivity index (χ2v) is 9.15. The van der Waals surface area contributed by atoms with Crippen LogP contribution in [0.25, 0.3) is 22.3 Å². The molecule has 1 saturated carbocycles. The van der Waals surface area contributed by atoms with E-state index in [0.29, 0.717) is 40.8 Å². The number of hydrogen-bond donors (Lipinski definition) is 4. The van der Waals surface area contributed by atoms with Crippen molar-refractivity contribution < 1.29 is 9.59 Å². The SMILES string of the molecule is O=C(CC1CCCC1)Nc1cccc2cc(C(=O)Nc3ccc(Br)cc3-c3nn[nH]n3)[nH]c12. The quantitative estimate of drug-likeness (QED) is 0.295. The Bertz CT molecular complexity index is 1310. The van der Waals surface area contributed by atoms with Gasteiger partial charge in [-0.2, -0.15) is 5.21 Å². The van der Waals surface area contributed by atoms with Crippen molar-refractivity contribution in [3.63, 3.8) is 0 Å². The third kappa shape index (κ3) is 4.65. The Balaban J connectivity index is 1.37. The number of hydrogen-bond acceptors (Lipinski definition) is 5. The number of tetrazole rings is 1. The summed E-state index contributed by atoms with van der Waals surface area (Å²) in [5.74, 6) is 0.528. The molecule has 1 aliphatic rings. The van der Waals surface area contributed by atoms with Crippen LogP contribution in [0.1, 0.15) is 42.6 Å². The summed E-state index contributed by atoms with van der Waals surface area (Å²) in [6, 6.07) is 12.8. The van der Waals surface area contributed by atoms with E-state index in [0.717, 1.165) is 28.2 Å². The fraction of sp³-hybridized carbons (Fsp3) is 0.261. The number of anilines is 2. The lowest BCUT2D eigenvalue weighted by Crippen LogP contribution is -2.15. The van der Waals surface area contributed by atoms with Gasteiger partial charge in [-0.25, -0.2) is 0 Å². The molecule has 2 heterocycles. The maximum Gasteiger partial charge on any atom is 0.272 e. The largest absolute Gasteiger partial charge is 0.349 e. The molecule has 2 aromatic heterocycles. The molecule has 10 heteroatoms. The summed E-state index contributed by atoms with van der Waals surface area (Å²) in [4.78, 5) is 28.8. The fourth-order valence-corrected chi connectivity index (χ4v) is 4.70. The fourth-order valence-electron chi connectivity index (χ4n) is 4.34. The number of halogens is 1. The number of aromatic amines is 2. The second kappa shape index (κ2) is 9.14. The molecular formula is C23H22BrN7O2. The normalized spacial score (nSPS) is 14.0. The molecule has 0 aliphatic heterocycles. The predicted octanol–water partition coefficient (Wildman–Crippen LogP) is 4.88. The number of carbonyl (C=O) groups excluding carboxylic acids is 2. The number of fused-ring (bicyclic) bond motifs is 1. The van der Waals surface area contributed by atoms with Crippen molar-refractivity contribution in [1.82, 2.24) is 25.6 Å². The van der Waals surface area contributed by atoms with Gasteiger partial charge in [0.05, 0.1) is 16.9 Å². The number of nitrogens with one attached hydrogen (secondary N) is 4. The first-order valence-electron chi connectivity index (χ1n) is 10.8. The maximum absolute atomic E-state index is 13.0. The van der Waals surface area contributed by atoms with Crippen LogP contribution >= 0.6 is 15.9 Å². The molecule has 0 bridgehead atoms. The molecule has 4 aromatic rings. The molecule has 0 unspecified atom stereocenters. The van der Waals surface area contributed by atoms with Crippen molar-refractivity contribution >= 4 is 50.0 Å². The highest BCUT2D eigenvalue weighted by atomic mass is 79.9. The lowest BCUT2D eigenvalue weighted by molar-refractivity contribution is -0.117. The van der Waals surface area contributed by atoms with Gasteiger partial charge in [0.1, 0.15) is 5.69 Å². The highest BCUT2D eigenvalue weighted by Crippen LogP contribution is 2.31. The minimum absolute atomic E-state index is 0.00891. The van der Waals surface area contributed by atoms with Crippen LogP contribution in [0.5, 0.6) is 0 Å². The Hall–Kier alpha value is -3.53. The van der Waals surface area contributed by atoms with E-state index in [4.69, 9.17) is 0 Å². The van der Waals surface area contributed by atoms with E-state index in [1.165, 1.54) is 12.8 Å². The van der Waals surface area contributed by atoms with Gasteiger partial charge in [-0.3, -0.25) is 9.59 Å². The molecule has 0 radical (unpaired) electrons. The molecule has 1 aliphatic carbocycles. The van der Waals surface area contributed by atoms with E-state index in [2.05, 4.69) is 52.2 Å². The van der Waals surface area contributed by atoms with E-state index < -0.39 is 0 Å². The average Bonchev–Trinajstić information content (AvgIpc) is 3.57. The minimum Gasteiger partial charge on any atom is -0.349 e. The van der Waals surface area contributed by atoms with Crippen LogP contribution in [0.15, 0.2) is 46.9 Å². The summed E-state index contributed by atoms with van der Waals surface area (Å²) in [5, 5.41) is 20.8. The number of nitrogens with zero attached hydrogens (tertiary/aromatic N) is 3. The lowest BCUT2D eigenvalue weighted by Gasteiger charge is -2.10. The van der Waals surface area contributed by atoms with Crippen LogP contribution in [0, 0.1) is 5.92 Å². The first-order chi connectivity index (χ1) is 16.1. The summed E-state index contributed by atoms with van der Waals surface area (Å²) >= 11 is 3.43. The zero-order chi connectivity index (χ0) is 22.8. The molecule has 5 rings (SSSR count). The molecule has 0 spiro atoms. The Kier molecular flexibility index (Phi) is 5.91. The van der Waals surface area contributed by atoms with Crippen LogP contribution < -0.4 is 10.6 Å². The highest BCUT2D eigenvalue weighted by molar-refractivity contribution is 9.10. The summed E-state index contributed by atoms with van der Waals surface area (Å²) in [6.07, 6.45) is 5.18. The van der Waals surface area contributed by atoms with Gasteiger partial charge < -0.3 is 15.6 Å². The smallest absolute Gasteiger partial charge is 0.272 e. The number of para-hydroxylation sites is 1. The molecule has 2 aromatic carbocycles. The van der Waals surface area contributed by atoms with Gasteiger partial charge in [0, 0.05) is 21.8 Å². The summed E-state index contributed by atoms with van der Waals surface area (Å²) < 4.78 is 0.823. The number of H-pyrrole nitrogens is 2. The molecule has 33 heavy (non-hydrogen) atoms. The number of rotatable bonds is 6. The van der Waals surface area contributed by atoms with Crippen molar-refractivity contribution in [3.8, 4) is 11.4 Å². The zero-order valence-corrected chi connectivity index (χ0v) is 19.3. The van der Waals surface area contributed by atoms with Crippen LogP contribution in [0.3, 0.4) is 0 Å². The van der Waals surface area contributed by atoms with Crippen LogP contribution in [0.2, 0.25) is 0 Å². The van der Waals surface area contributed by atoms with Gasteiger partial charge in [-0.1, -0.05) is 40.9 Å². The number of benzene rings is 2. The van der Waals surface area contributed by atoms with Crippen molar-refractivity contribution in [3.05, 3.63) is 52.6 Å². The third-order valence-electron chi connectivity index (χ3n) is 5.94. The van der Waals surface area contributed by atoms with E-state index >= 15 is 0 Å². The first kappa shape index (κ1) is 21.3. The minimum atomic E-state index is -0.318. The Morgan fingerprint density at radius 3 is 2.70 bits per heavy atom. The van der Waals surface area contributed by atoms with Gasteiger partial charge in [0.25, 0.3) is 5.91 Å². The predicted molar refractivity (Wildman–Crippen MR) is 129 cm³/mol. The molecular weight excluding hydrogens is 486 g/mol. The van der Waals surface area contributed by atoms with Gasteiger partial charge in [0.2, 0.25) is 11.7 Å². The van der Waals surface area contributed by atoms with Gasteiger partial charge >= 0.3 is 0 Å². The van der Waals surface area contributed by atoms with Crippen LogP contribution in [-0.4, -0.2) is 37.4 Å². The average molecular weight is 508 g/mol. The van der Waals surface area contributed by atoms with Crippen molar-refractivity contribution in [1.29, 1.82) is 0 Å². The topological polar surface area (TPSA) is 128 Å².